The molecule has 0 saturated heterocycles. The molecule has 0 atom stereocenters. The van der Waals surface area contributed by atoms with Gasteiger partial charge in [-0.1, -0.05) is 81.9 Å². The number of ether oxygens (including phenoxy) is 2. The highest BCUT2D eigenvalue weighted by Crippen LogP contribution is 2.26. The summed E-state index contributed by atoms with van der Waals surface area (Å²) < 4.78 is 10.5. The molecule has 0 radical (unpaired) electrons. The quantitative estimate of drug-likeness (QED) is 0.412. The maximum absolute atomic E-state index is 5.31. The molecule has 0 aromatic heterocycles. The summed E-state index contributed by atoms with van der Waals surface area (Å²) in [6, 6.07) is 17.0. The van der Waals surface area contributed by atoms with Crippen LogP contribution < -0.4 is 0 Å². The summed E-state index contributed by atoms with van der Waals surface area (Å²) in [4.78, 5) is 0. The molecule has 0 fully saturated rings. The molecule has 0 N–H and O–H groups in total. The molecule has 0 bridgehead atoms. The number of aryl methyl sites for hydroxylation is 3. The third-order valence-corrected chi connectivity index (χ3v) is 3.89. The second kappa shape index (κ2) is 12.8. The number of hydrogen-bond acceptors (Lipinski definition) is 2. The van der Waals surface area contributed by atoms with Crippen molar-refractivity contribution in [2.75, 3.05) is 14.2 Å². The lowest BCUT2D eigenvalue weighted by Gasteiger charge is -2.14. The Labute approximate surface area is 160 Å². The van der Waals surface area contributed by atoms with E-state index in [4.69, 9.17) is 9.47 Å². The average molecular weight is 355 g/mol. The molecule has 0 aliphatic carbocycles. The van der Waals surface area contributed by atoms with Crippen LogP contribution in [0.3, 0.4) is 0 Å². The van der Waals surface area contributed by atoms with Gasteiger partial charge in [0.25, 0.3) is 0 Å². The molecule has 2 aromatic carbocycles. The SMILES string of the molecule is C.C=C(OC)/C(=C/OC)c1ccccc1CCc1ccc(C)cc1.CC. The van der Waals surface area contributed by atoms with E-state index < -0.39 is 0 Å². The van der Waals surface area contributed by atoms with Crippen molar-refractivity contribution in [3.63, 3.8) is 0 Å². The Bertz CT molecular complexity index is 682. The van der Waals surface area contributed by atoms with Gasteiger partial charge in [-0.05, 0) is 36.5 Å². The Morgan fingerprint density at radius 3 is 2.15 bits per heavy atom. The Morgan fingerprint density at radius 2 is 1.58 bits per heavy atom. The number of methoxy groups -OCH3 is 2. The van der Waals surface area contributed by atoms with E-state index in [0.717, 1.165) is 24.0 Å². The normalized spacial score (nSPS) is 10.1. The fraction of sp³-hybridized carbons (Fsp3) is 0.333. The molecule has 0 unspecified atom stereocenters. The molecule has 2 nitrogen and oxygen atoms in total. The van der Waals surface area contributed by atoms with Crippen molar-refractivity contribution in [1.82, 2.24) is 0 Å². The molecule has 0 amide bonds. The van der Waals surface area contributed by atoms with Crippen molar-refractivity contribution in [1.29, 1.82) is 0 Å². The Morgan fingerprint density at radius 1 is 0.962 bits per heavy atom. The molecule has 2 aromatic rings. The first-order valence-corrected chi connectivity index (χ1v) is 8.75. The van der Waals surface area contributed by atoms with Gasteiger partial charge in [0.05, 0.1) is 26.1 Å². The Kier molecular flexibility index (Phi) is 11.6. The maximum atomic E-state index is 5.31. The first-order chi connectivity index (χ1) is 12.2. The Balaban J connectivity index is 0.00000201. The highest BCUT2D eigenvalue weighted by atomic mass is 16.5. The van der Waals surface area contributed by atoms with Crippen LogP contribution in [0.5, 0.6) is 0 Å². The van der Waals surface area contributed by atoms with Crippen molar-refractivity contribution < 1.29 is 9.47 Å². The minimum atomic E-state index is 0. The van der Waals surface area contributed by atoms with Gasteiger partial charge in [0, 0.05) is 0 Å². The third kappa shape index (κ3) is 6.79. The lowest BCUT2D eigenvalue weighted by molar-refractivity contribution is 0.304. The summed E-state index contributed by atoms with van der Waals surface area (Å²) in [6.45, 7) is 10.1. The Hall–Kier alpha value is -2.48. The predicted molar refractivity (Wildman–Crippen MR) is 114 cm³/mol. The molecule has 2 rings (SSSR count). The van der Waals surface area contributed by atoms with E-state index in [0.29, 0.717) is 5.76 Å². The molecule has 0 aliphatic rings. The smallest absolute Gasteiger partial charge is 0.122 e. The summed E-state index contributed by atoms with van der Waals surface area (Å²) in [5.41, 5.74) is 5.88. The maximum Gasteiger partial charge on any atom is 0.122 e. The van der Waals surface area contributed by atoms with Gasteiger partial charge in [0.15, 0.2) is 0 Å². The van der Waals surface area contributed by atoms with Crippen molar-refractivity contribution in [2.24, 2.45) is 0 Å². The topological polar surface area (TPSA) is 18.5 Å². The highest BCUT2D eigenvalue weighted by Gasteiger charge is 2.12. The predicted octanol–water partition coefficient (Wildman–Crippen LogP) is 6.59. The zero-order valence-electron chi connectivity index (χ0n) is 16.1. The van der Waals surface area contributed by atoms with E-state index in [1.165, 1.54) is 16.7 Å². The standard InChI is InChI=1S/C21H24O2.C2H6.CH4/c1-16-9-11-18(12-10-16)13-14-19-7-5-6-8-20(19)21(15-22-3)17(2)23-4;1-2;/h5-12,15H,2,13-14H2,1,3-4H3;1-2H3;1H4/b21-15-;;. The summed E-state index contributed by atoms with van der Waals surface area (Å²) in [6.07, 6.45) is 3.64. The van der Waals surface area contributed by atoms with Crippen molar-refractivity contribution >= 4 is 5.57 Å². The summed E-state index contributed by atoms with van der Waals surface area (Å²) in [5, 5.41) is 0. The molecule has 0 aliphatic heterocycles. The van der Waals surface area contributed by atoms with Crippen LogP contribution in [0.1, 0.15) is 43.5 Å². The van der Waals surface area contributed by atoms with Crippen LogP contribution in [0.4, 0.5) is 0 Å². The van der Waals surface area contributed by atoms with Crippen LogP contribution in [0.25, 0.3) is 5.57 Å². The zero-order chi connectivity index (χ0) is 18.7. The third-order valence-electron chi connectivity index (χ3n) is 3.89. The number of allylic oxidation sites excluding steroid dienone is 1. The van der Waals surface area contributed by atoms with Gasteiger partial charge in [-0.2, -0.15) is 0 Å². The molecule has 0 spiro atoms. The average Bonchev–Trinajstić information content (AvgIpc) is 2.67. The van der Waals surface area contributed by atoms with Gasteiger partial charge in [-0.15, -0.1) is 0 Å². The fourth-order valence-corrected chi connectivity index (χ4v) is 2.54. The van der Waals surface area contributed by atoms with Gasteiger partial charge in [0.2, 0.25) is 0 Å². The molecular formula is C24H34O2. The fourth-order valence-electron chi connectivity index (χ4n) is 2.54. The molecule has 2 heteroatoms. The molecule has 0 heterocycles. The van der Waals surface area contributed by atoms with Crippen LogP contribution in [0.2, 0.25) is 0 Å². The lowest BCUT2D eigenvalue weighted by atomic mass is 9.94. The number of rotatable bonds is 7. The van der Waals surface area contributed by atoms with E-state index in [2.05, 4.69) is 56.0 Å². The van der Waals surface area contributed by atoms with Gasteiger partial charge in [0.1, 0.15) is 5.76 Å². The summed E-state index contributed by atoms with van der Waals surface area (Å²) in [5.74, 6) is 0.606. The number of benzene rings is 2. The van der Waals surface area contributed by atoms with E-state index >= 15 is 0 Å². The zero-order valence-corrected chi connectivity index (χ0v) is 16.1. The minimum Gasteiger partial charge on any atom is -0.504 e. The van der Waals surface area contributed by atoms with Gasteiger partial charge < -0.3 is 9.47 Å². The molecular weight excluding hydrogens is 320 g/mol. The molecule has 26 heavy (non-hydrogen) atoms. The van der Waals surface area contributed by atoms with E-state index in [1.54, 1.807) is 20.5 Å². The van der Waals surface area contributed by atoms with E-state index in [-0.39, 0.29) is 7.43 Å². The first-order valence-electron chi connectivity index (χ1n) is 8.75. The second-order valence-electron chi connectivity index (χ2n) is 5.54. The van der Waals surface area contributed by atoms with Gasteiger partial charge >= 0.3 is 0 Å². The second-order valence-corrected chi connectivity index (χ2v) is 5.54. The largest absolute Gasteiger partial charge is 0.504 e. The van der Waals surface area contributed by atoms with Crippen molar-refractivity contribution in [2.45, 2.75) is 41.0 Å². The van der Waals surface area contributed by atoms with Crippen LogP contribution in [-0.2, 0) is 22.3 Å². The van der Waals surface area contributed by atoms with Gasteiger partial charge in [-0.25, -0.2) is 0 Å². The van der Waals surface area contributed by atoms with Crippen LogP contribution in [0.15, 0.2) is 67.1 Å². The molecule has 0 saturated carbocycles. The highest BCUT2D eigenvalue weighted by molar-refractivity contribution is 5.77. The summed E-state index contributed by atoms with van der Waals surface area (Å²) in [7, 11) is 3.26. The van der Waals surface area contributed by atoms with Crippen molar-refractivity contribution in [3.05, 3.63) is 89.4 Å². The summed E-state index contributed by atoms with van der Waals surface area (Å²) >= 11 is 0. The van der Waals surface area contributed by atoms with Crippen LogP contribution >= 0.6 is 0 Å². The molecule has 142 valence electrons. The van der Waals surface area contributed by atoms with Crippen molar-refractivity contribution in [3.8, 4) is 0 Å². The van der Waals surface area contributed by atoms with Gasteiger partial charge in [-0.3, -0.25) is 0 Å². The minimum absolute atomic E-state index is 0. The lowest BCUT2D eigenvalue weighted by Crippen LogP contribution is -2.00. The monoisotopic (exact) mass is 354 g/mol. The van der Waals surface area contributed by atoms with E-state index in [9.17, 15) is 0 Å². The van der Waals surface area contributed by atoms with Crippen LogP contribution in [0, 0.1) is 6.92 Å². The van der Waals surface area contributed by atoms with Crippen LogP contribution in [-0.4, -0.2) is 14.2 Å². The first kappa shape index (κ1) is 23.5. The number of hydrogen-bond donors (Lipinski definition) is 0. The van der Waals surface area contributed by atoms with E-state index in [1.807, 2.05) is 19.9 Å².